The Morgan fingerprint density at radius 1 is 1.62 bits per heavy atom. The highest BCUT2D eigenvalue weighted by atomic mass is 32.2. The summed E-state index contributed by atoms with van der Waals surface area (Å²) in [6, 6.07) is 0. The van der Waals surface area contributed by atoms with E-state index in [1.165, 1.54) is 12.4 Å². The number of nitrogens with two attached hydrogens (primary N) is 1. The Morgan fingerprint density at radius 2 is 2.29 bits per heavy atom. The molecule has 1 aromatic rings. The molecule has 21 heavy (non-hydrogen) atoms. The van der Waals surface area contributed by atoms with Gasteiger partial charge in [0.05, 0.1) is 11.7 Å². The van der Waals surface area contributed by atoms with Gasteiger partial charge >= 0.3 is 0 Å². The van der Waals surface area contributed by atoms with Gasteiger partial charge in [-0.1, -0.05) is 18.5 Å². The molecule has 9 heteroatoms. The lowest BCUT2D eigenvalue weighted by atomic mass is 9.75. The van der Waals surface area contributed by atoms with Crippen molar-refractivity contribution in [2.45, 2.75) is 49.5 Å². The predicted molar refractivity (Wildman–Crippen MR) is 77.3 cm³/mol. The molecule has 0 bridgehead atoms. The Balaban J connectivity index is 2.27. The highest BCUT2D eigenvalue weighted by molar-refractivity contribution is 7.89. The molecule has 0 saturated heterocycles. The fourth-order valence-electron chi connectivity index (χ4n) is 2.79. The van der Waals surface area contributed by atoms with Crippen molar-refractivity contribution in [1.29, 1.82) is 0 Å². The monoisotopic (exact) mass is 315 g/mol. The number of nitrogens with one attached hydrogen (secondary N) is 2. The van der Waals surface area contributed by atoms with E-state index in [-0.39, 0.29) is 10.7 Å². The maximum atomic E-state index is 12.4. The van der Waals surface area contributed by atoms with Crippen LogP contribution in [0.3, 0.4) is 0 Å². The largest absolute Gasteiger partial charge is 0.409 e. The van der Waals surface area contributed by atoms with Crippen LogP contribution in [0.2, 0.25) is 0 Å². The SMILES string of the molecule is CCC1CCC(NS(=O)(=O)c2cn[nH]c2)(/C(N)=N/O)CC1. The second-order valence-corrected chi connectivity index (χ2v) is 7.14. The maximum absolute atomic E-state index is 12.4. The van der Waals surface area contributed by atoms with E-state index in [2.05, 4.69) is 27.0 Å². The van der Waals surface area contributed by atoms with E-state index in [9.17, 15) is 8.42 Å². The zero-order valence-electron chi connectivity index (χ0n) is 11.9. The summed E-state index contributed by atoms with van der Waals surface area (Å²) >= 11 is 0. The zero-order valence-corrected chi connectivity index (χ0v) is 12.7. The van der Waals surface area contributed by atoms with Crippen LogP contribution in [0.15, 0.2) is 22.4 Å². The number of oxime groups is 1. The van der Waals surface area contributed by atoms with Gasteiger partial charge in [0, 0.05) is 6.20 Å². The Bertz CT molecular complexity index is 588. The number of aromatic nitrogens is 2. The second-order valence-electron chi connectivity index (χ2n) is 5.46. The molecule has 0 atom stereocenters. The third kappa shape index (κ3) is 3.18. The summed E-state index contributed by atoms with van der Waals surface area (Å²) in [6.45, 7) is 2.11. The summed E-state index contributed by atoms with van der Waals surface area (Å²) in [5.74, 6) is 0.451. The molecule has 2 rings (SSSR count). The number of amidine groups is 1. The smallest absolute Gasteiger partial charge is 0.244 e. The van der Waals surface area contributed by atoms with Crippen LogP contribution in [0.5, 0.6) is 0 Å². The molecule has 0 spiro atoms. The molecule has 1 saturated carbocycles. The van der Waals surface area contributed by atoms with Crippen LogP contribution in [0, 0.1) is 5.92 Å². The van der Waals surface area contributed by atoms with Gasteiger partial charge in [0.1, 0.15) is 4.90 Å². The van der Waals surface area contributed by atoms with Crippen LogP contribution in [0.25, 0.3) is 0 Å². The Labute approximate surface area is 123 Å². The predicted octanol–water partition coefficient (Wildman–Crippen LogP) is 0.773. The molecule has 0 unspecified atom stereocenters. The van der Waals surface area contributed by atoms with Crippen LogP contribution in [-0.4, -0.2) is 35.2 Å². The van der Waals surface area contributed by atoms with Crippen molar-refractivity contribution in [3.05, 3.63) is 12.4 Å². The molecule has 1 fully saturated rings. The van der Waals surface area contributed by atoms with E-state index >= 15 is 0 Å². The molecule has 0 aromatic carbocycles. The molecule has 118 valence electrons. The first-order valence-electron chi connectivity index (χ1n) is 6.94. The molecule has 1 aromatic heterocycles. The average Bonchev–Trinajstić information content (AvgIpc) is 3.02. The standard InChI is InChI=1S/C12H21N5O3S/c1-2-9-3-5-12(6-4-9,11(13)16-18)17-21(19,20)10-7-14-15-8-10/h7-9,17-18H,2-6H2,1H3,(H2,13,16)(H,14,15). The summed E-state index contributed by atoms with van der Waals surface area (Å²) in [4.78, 5) is 0.0326. The third-order valence-electron chi connectivity index (χ3n) is 4.25. The Morgan fingerprint density at radius 3 is 2.76 bits per heavy atom. The first kappa shape index (κ1) is 15.8. The minimum absolute atomic E-state index is 0.0326. The van der Waals surface area contributed by atoms with Gasteiger partial charge in [-0.15, -0.1) is 0 Å². The van der Waals surface area contributed by atoms with Gasteiger partial charge in [-0.3, -0.25) is 5.10 Å². The van der Waals surface area contributed by atoms with Crippen molar-refractivity contribution in [2.24, 2.45) is 16.8 Å². The van der Waals surface area contributed by atoms with E-state index in [0.717, 1.165) is 19.3 Å². The molecule has 1 aliphatic carbocycles. The highest BCUT2D eigenvalue weighted by Crippen LogP contribution is 2.35. The minimum Gasteiger partial charge on any atom is -0.409 e. The molecule has 1 heterocycles. The molecule has 5 N–H and O–H groups in total. The van der Waals surface area contributed by atoms with E-state index in [0.29, 0.717) is 18.8 Å². The lowest BCUT2D eigenvalue weighted by Crippen LogP contribution is -2.59. The van der Waals surface area contributed by atoms with Gasteiger partial charge in [0.25, 0.3) is 0 Å². The average molecular weight is 315 g/mol. The number of sulfonamides is 1. The van der Waals surface area contributed by atoms with Crippen molar-refractivity contribution in [1.82, 2.24) is 14.9 Å². The van der Waals surface area contributed by atoms with Crippen LogP contribution in [0.1, 0.15) is 39.0 Å². The molecule has 1 aliphatic rings. The van der Waals surface area contributed by atoms with Crippen LogP contribution < -0.4 is 10.5 Å². The number of hydrogen-bond donors (Lipinski definition) is 4. The first-order valence-corrected chi connectivity index (χ1v) is 8.42. The third-order valence-corrected chi connectivity index (χ3v) is 5.75. The van der Waals surface area contributed by atoms with E-state index < -0.39 is 15.6 Å². The molecular weight excluding hydrogens is 294 g/mol. The topological polar surface area (TPSA) is 133 Å². The van der Waals surface area contributed by atoms with Crippen LogP contribution in [0.4, 0.5) is 0 Å². The maximum Gasteiger partial charge on any atom is 0.244 e. The molecular formula is C12H21N5O3S. The molecule has 0 amide bonds. The highest BCUT2D eigenvalue weighted by Gasteiger charge is 2.42. The van der Waals surface area contributed by atoms with Gasteiger partial charge in [0.15, 0.2) is 5.84 Å². The summed E-state index contributed by atoms with van der Waals surface area (Å²) in [6.07, 6.45) is 6.25. The van der Waals surface area contributed by atoms with Crippen LogP contribution >= 0.6 is 0 Å². The van der Waals surface area contributed by atoms with Crippen molar-refractivity contribution < 1.29 is 13.6 Å². The summed E-state index contributed by atoms with van der Waals surface area (Å²) in [7, 11) is -3.77. The second kappa shape index (κ2) is 6.02. The Kier molecular flexibility index (Phi) is 4.52. The van der Waals surface area contributed by atoms with E-state index in [1.54, 1.807) is 0 Å². The zero-order chi connectivity index (χ0) is 15.5. The number of hydrogen-bond acceptors (Lipinski definition) is 5. The number of nitrogens with zero attached hydrogens (tertiary/aromatic N) is 2. The van der Waals surface area contributed by atoms with Gasteiger partial charge in [0.2, 0.25) is 10.0 Å². The number of aromatic amines is 1. The first-order chi connectivity index (χ1) is 9.93. The van der Waals surface area contributed by atoms with Gasteiger partial charge < -0.3 is 10.9 Å². The van der Waals surface area contributed by atoms with Crippen molar-refractivity contribution in [3.63, 3.8) is 0 Å². The van der Waals surface area contributed by atoms with E-state index in [4.69, 9.17) is 10.9 Å². The van der Waals surface area contributed by atoms with Crippen LogP contribution in [-0.2, 0) is 10.0 Å². The summed E-state index contributed by atoms with van der Waals surface area (Å²) in [5.41, 5.74) is 4.75. The Hall–Kier alpha value is -1.61. The normalized spacial score (nSPS) is 27.7. The molecule has 0 radical (unpaired) electrons. The number of H-pyrrole nitrogens is 1. The number of rotatable bonds is 5. The van der Waals surface area contributed by atoms with Gasteiger partial charge in [-0.05, 0) is 31.6 Å². The van der Waals surface area contributed by atoms with Gasteiger partial charge in [-0.25, -0.2) is 8.42 Å². The van der Waals surface area contributed by atoms with Crippen molar-refractivity contribution >= 4 is 15.9 Å². The lowest BCUT2D eigenvalue weighted by Gasteiger charge is -2.39. The quantitative estimate of drug-likeness (QED) is 0.276. The van der Waals surface area contributed by atoms with Crippen molar-refractivity contribution in [2.75, 3.05) is 0 Å². The fourth-order valence-corrected chi connectivity index (χ4v) is 4.13. The fraction of sp³-hybridized carbons (Fsp3) is 0.667. The minimum atomic E-state index is -3.77. The van der Waals surface area contributed by atoms with Crippen molar-refractivity contribution in [3.8, 4) is 0 Å². The molecule has 8 nitrogen and oxygen atoms in total. The van der Waals surface area contributed by atoms with Gasteiger partial charge in [-0.2, -0.15) is 9.82 Å². The summed E-state index contributed by atoms with van der Waals surface area (Å²) < 4.78 is 27.4. The molecule has 0 aliphatic heterocycles. The van der Waals surface area contributed by atoms with E-state index in [1.807, 2.05) is 0 Å². The lowest BCUT2D eigenvalue weighted by molar-refractivity contribution is 0.253. The summed E-state index contributed by atoms with van der Waals surface area (Å²) in [5, 5.41) is 18.2.